The number of amides is 3. The van der Waals surface area contributed by atoms with Crippen molar-refractivity contribution >= 4 is 41.4 Å². The van der Waals surface area contributed by atoms with E-state index in [4.69, 9.17) is 25.8 Å². The van der Waals surface area contributed by atoms with E-state index in [9.17, 15) is 29.1 Å². The number of methoxy groups -OCH3 is 1. The van der Waals surface area contributed by atoms with E-state index >= 15 is 0 Å². The zero-order chi connectivity index (χ0) is 32.2. The molecule has 0 aliphatic carbocycles. The number of nitrogens with one attached hydrogen (secondary N) is 1. The molecule has 1 aliphatic rings. The van der Waals surface area contributed by atoms with Crippen LogP contribution in [0.5, 0.6) is 5.75 Å². The summed E-state index contributed by atoms with van der Waals surface area (Å²) in [5, 5.41) is 20.0. The number of carbonyl (C=O) groups excluding carboxylic acids is 4. The Labute approximate surface area is 257 Å². The second-order valence-electron chi connectivity index (χ2n) is 10.6. The lowest BCUT2D eigenvalue weighted by atomic mass is 10.0. The van der Waals surface area contributed by atoms with E-state index in [1.807, 2.05) is 0 Å². The van der Waals surface area contributed by atoms with Gasteiger partial charge in [0.15, 0.2) is 5.15 Å². The van der Waals surface area contributed by atoms with Gasteiger partial charge in [-0.3, -0.25) is 14.5 Å². The first kappa shape index (κ1) is 31.9. The van der Waals surface area contributed by atoms with Crippen molar-refractivity contribution < 1.29 is 43.3 Å². The maximum absolute atomic E-state index is 12.7. The van der Waals surface area contributed by atoms with E-state index < -0.39 is 41.5 Å². The second-order valence-corrected chi connectivity index (χ2v) is 11.0. The van der Waals surface area contributed by atoms with Gasteiger partial charge in [-0.1, -0.05) is 23.7 Å². The number of hydrogen-bond donors (Lipinski definition) is 2. The number of hydrogen-bond acceptors (Lipinski definition) is 10. The third kappa shape index (κ3) is 7.29. The van der Waals surface area contributed by atoms with Crippen LogP contribution in [-0.2, 0) is 20.7 Å². The number of rotatable bonds is 10. The van der Waals surface area contributed by atoms with Gasteiger partial charge in [0.05, 0.1) is 36.0 Å². The fourth-order valence-electron chi connectivity index (χ4n) is 4.35. The van der Waals surface area contributed by atoms with Gasteiger partial charge in [-0.15, -0.1) is 10.2 Å². The molecule has 0 radical (unpaired) electrons. The lowest BCUT2D eigenvalue weighted by molar-refractivity contribution is -0.139. The molecule has 2 N–H and O–H groups in total. The largest absolute Gasteiger partial charge is 0.491 e. The zero-order valence-electron chi connectivity index (χ0n) is 24.3. The topological polar surface area (TPSA) is 174 Å². The van der Waals surface area contributed by atoms with Gasteiger partial charge in [-0.2, -0.15) is 0 Å². The van der Waals surface area contributed by atoms with Crippen molar-refractivity contribution in [2.24, 2.45) is 0 Å². The second kappa shape index (κ2) is 13.1. The number of ether oxygens (including phenoxy) is 3. The summed E-state index contributed by atoms with van der Waals surface area (Å²) >= 11 is 6.25. The Bertz CT molecular complexity index is 1600. The quantitative estimate of drug-likeness (QED) is 0.248. The summed E-state index contributed by atoms with van der Waals surface area (Å²) in [4.78, 5) is 63.0. The van der Waals surface area contributed by atoms with Gasteiger partial charge >= 0.3 is 18.0 Å². The van der Waals surface area contributed by atoms with Crippen molar-refractivity contribution in [3.8, 4) is 17.0 Å². The highest BCUT2D eigenvalue weighted by Gasteiger charge is 2.35. The number of fused-ring (bicyclic) bond motifs is 1. The zero-order valence-corrected chi connectivity index (χ0v) is 25.0. The summed E-state index contributed by atoms with van der Waals surface area (Å²) in [6.45, 7) is 4.72. The molecule has 1 aliphatic heterocycles. The molecule has 1 unspecified atom stereocenters. The first-order valence-electron chi connectivity index (χ1n) is 13.3. The molecule has 14 heteroatoms. The van der Waals surface area contributed by atoms with Crippen LogP contribution < -0.4 is 10.1 Å². The standard InChI is InChI=1S/C30H29ClN4O9/c1-30(2,3)44-29(41)32-22(27(38)39)14-17-13-21(33-34-24(17)31)20-10-9-16(28(40)42-4)15-23(20)43-12-11-35-25(36)18-7-5-6-8-19(18)26(35)37/h5-10,13,15,22H,11-12,14H2,1-4H3,(H,32,41)(H,38,39). The molecule has 1 aromatic heterocycles. The lowest BCUT2D eigenvalue weighted by Gasteiger charge is -2.22. The summed E-state index contributed by atoms with van der Waals surface area (Å²) in [6, 6.07) is 11.0. The summed E-state index contributed by atoms with van der Waals surface area (Å²) in [5.74, 6) is -2.71. The van der Waals surface area contributed by atoms with Crippen LogP contribution in [0.3, 0.4) is 0 Å². The molecule has 2 aromatic carbocycles. The lowest BCUT2D eigenvalue weighted by Crippen LogP contribution is -2.44. The minimum absolute atomic E-state index is 0.0809. The minimum Gasteiger partial charge on any atom is -0.491 e. The van der Waals surface area contributed by atoms with Crippen molar-refractivity contribution in [2.75, 3.05) is 20.3 Å². The van der Waals surface area contributed by atoms with E-state index in [1.165, 1.54) is 31.4 Å². The van der Waals surface area contributed by atoms with Crippen molar-refractivity contribution in [3.05, 3.63) is 75.9 Å². The van der Waals surface area contributed by atoms with E-state index in [1.54, 1.807) is 45.0 Å². The molecule has 13 nitrogen and oxygen atoms in total. The number of benzene rings is 2. The Kier molecular flexibility index (Phi) is 9.48. The van der Waals surface area contributed by atoms with Gasteiger partial charge in [-0.25, -0.2) is 14.4 Å². The Morgan fingerprint density at radius 2 is 1.66 bits per heavy atom. The van der Waals surface area contributed by atoms with E-state index in [2.05, 4.69) is 15.5 Å². The smallest absolute Gasteiger partial charge is 0.408 e. The number of aliphatic carboxylic acids is 1. The first-order chi connectivity index (χ1) is 20.8. The Morgan fingerprint density at radius 3 is 2.25 bits per heavy atom. The summed E-state index contributed by atoms with van der Waals surface area (Å²) in [7, 11) is 1.22. The summed E-state index contributed by atoms with van der Waals surface area (Å²) in [5.41, 5.74) is 0.708. The molecule has 0 bridgehead atoms. The molecule has 230 valence electrons. The highest BCUT2D eigenvalue weighted by Crippen LogP contribution is 2.32. The van der Waals surface area contributed by atoms with Gasteiger partial charge in [0.25, 0.3) is 11.8 Å². The van der Waals surface area contributed by atoms with Crippen LogP contribution >= 0.6 is 11.6 Å². The first-order valence-corrected chi connectivity index (χ1v) is 13.7. The third-order valence-electron chi connectivity index (χ3n) is 6.36. The Balaban J connectivity index is 1.58. The van der Waals surface area contributed by atoms with Gasteiger partial charge in [0.1, 0.15) is 24.0 Å². The van der Waals surface area contributed by atoms with Crippen LogP contribution in [0.25, 0.3) is 11.3 Å². The molecule has 2 heterocycles. The van der Waals surface area contributed by atoms with Crippen molar-refractivity contribution in [1.29, 1.82) is 0 Å². The number of alkyl carbamates (subject to hydrolysis) is 1. The molecule has 0 saturated carbocycles. The number of carbonyl (C=O) groups is 5. The predicted octanol–water partition coefficient (Wildman–Crippen LogP) is 3.78. The number of esters is 1. The molecule has 1 atom stereocenters. The van der Waals surface area contributed by atoms with Gasteiger partial charge in [0, 0.05) is 12.0 Å². The minimum atomic E-state index is -1.41. The average molecular weight is 625 g/mol. The van der Waals surface area contributed by atoms with E-state index in [0.29, 0.717) is 16.7 Å². The highest BCUT2D eigenvalue weighted by atomic mass is 35.5. The maximum Gasteiger partial charge on any atom is 0.408 e. The molecule has 3 aromatic rings. The number of aromatic nitrogens is 2. The third-order valence-corrected chi connectivity index (χ3v) is 6.68. The Morgan fingerprint density at radius 1 is 1.00 bits per heavy atom. The van der Waals surface area contributed by atoms with Crippen LogP contribution in [0.4, 0.5) is 4.79 Å². The van der Waals surface area contributed by atoms with E-state index in [-0.39, 0.29) is 47.3 Å². The molecule has 0 fully saturated rings. The molecule has 44 heavy (non-hydrogen) atoms. The SMILES string of the molecule is COC(=O)c1ccc(-c2cc(CC(NC(=O)OC(C)(C)C)C(=O)O)c(Cl)nn2)c(OCCN2C(=O)c3ccccc3C2=O)c1. The maximum atomic E-state index is 12.7. The predicted molar refractivity (Wildman–Crippen MR) is 156 cm³/mol. The van der Waals surface area contributed by atoms with Crippen LogP contribution in [0, 0.1) is 0 Å². The van der Waals surface area contributed by atoms with Crippen LogP contribution in [-0.4, -0.2) is 82.0 Å². The fourth-order valence-corrected chi connectivity index (χ4v) is 4.52. The van der Waals surface area contributed by atoms with Gasteiger partial charge in [-0.05, 0) is 62.7 Å². The monoisotopic (exact) mass is 624 g/mol. The van der Waals surface area contributed by atoms with Gasteiger partial charge in [0.2, 0.25) is 0 Å². The number of carboxylic acids is 1. The Hall–Kier alpha value is -5.04. The van der Waals surface area contributed by atoms with Crippen molar-refractivity contribution in [3.63, 3.8) is 0 Å². The summed E-state index contributed by atoms with van der Waals surface area (Å²) in [6.07, 6.45) is -1.18. The fraction of sp³-hybridized carbons (Fsp3) is 0.300. The molecule has 0 saturated heterocycles. The van der Waals surface area contributed by atoms with E-state index in [0.717, 1.165) is 4.90 Å². The summed E-state index contributed by atoms with van der Waals surface area (Å²) < 4.78 is 15.9. The van der Waals surface area contributed by atoms with Gasteiger partial charge < -0.3 is 24.6 Å². The molecule has 3 amide bonds. The van der Waals surface area contributed by atoms with Crippen molar-refractivity contribution in [1.82, 2.24) is 20.4 Å². The van der Waals surface area contributed by atoms with Crippen LogP contribution in [0.2, 0.25) is 5.15 Å². The number of nitrogens with zero attached hydrogens (tertiary/aromatic N) is 3. The average Bonchev–Trinajstić information content (AvgIpc) is 3.21. The number of halogens is 1. The molecular weight excluding hydrogens is 596 g/mol. The number of imide groups is 1. The van der Waals surface area contributed by atoms with Crippen LogP contribution in [0.1, 0.15) is 57.4 Å². The van der Waals surface area contributed by atoms with Crippen molar-refractivity contribution in [2.45, 2.75) is 38.8 Å². The molecular formula is C30H29ClN4O9. The number of carboxylic acid groups (broad SMARTS) is 1. The molecule has 4 rings (SSSR count). The normalized spacial score (nSPS) is 13.2. The van der Waals surface area contributed by atoms with Crippen LogP contribution in [0.15, 0.2) is 48.5 Å². The molecule has 0 spiro atoms. The highest BCUT2D eigenvalue weighted by molar-refractivity contribution is 6.30.